The fourth-order valence-electron chi connectivity index (χ4n) is 1.98. The molecule has 6 heteroatoms. The molecule has 0 fully saturated rings. The first kappa shape index (κ1) is 13.5. The topological polar surface area (TPSA) is 59.8 Å². The van der Waals surface area contributed by atoms with Crippen molar-refractivity contribution in [2.24, 2.45) is 0 Å². The molecule has 1 aromatic carbocycles. The van der Waals surface area contributed by atoms with Gasteiger partial charge in [0.15, 0.2) is 5.82 Å². The minimum Gasteiger partial charge on any atom is -0.305 e. The Hall–Kier alpha value is -2.47. The number of hydrogen-bond acceptors (Lipinski definition) is 4. The maximum absolute atomic E-state index is 12.1. The largest absolute Gasteiger partial charge is 0.305 e. The monoisotopic (exact) mass is 298 g/mol. The van der Waals surface area contributed by atoms with Gasteiger partial charge in [0.1, 0.15) is 0 Å². The Balaban J connectivity index is 1.68. The van der Waals surface area contributed by atoms with Crippen LogP contribution in [0.3, 0.4) is 0 Å². The molecule has 0 aliphatic heterocycles. The Morgan fingerprint density at radius 1 is 1.29 bits per heavy atom. The van der Waals surface area contributed by atoms with Crippen molar-refractivity contribution in [1.29, 1.82) is 0 Å². The molecule has 2 heterocycles. The van der Waals surface area contributed by atoms with Crippen LogP contribution in [0.25, 0.3) is 0 Å². The highest BCUT2D eigenvalue weighted by molar-refractivity contribution is 7.04. The minimum absolute atomic E-state index is 0.175. The van der Waals surface area contributed by atoms with Crippen molar-refractivity contribution in [1.82, 2.24) is 14.2 Å². The number of carbonyl (C=O) groups excluding carboxylic acids is 1. The van der Waals surface area contributed by atoms with Crippen LogP contribution in [0.15, 0.2) is 48.0 Å². The van der Waals surface area contributed by atoms with E-state index in [0.717, 1.165) is 11.3 Å². The summed E-state index contributed by atoms with van der Waals surface area (Å²) < 4.78 is 5.89. The van der Waals surface area contributed by atoms with Crippen LogP contribution in [-0.4, -0.2) is 20.1 Å². The van der Waals surface area contributed by atoms with E-state index in [1.807, 2.05) is 43.5 Å². The molecule has 1 N–H and O–H groups in total. The molecule has 106 valence electrons. The Labute approximate surface area is 126 Å². The second-order valence-corrected chi connectivity index (χ2v) is 5.28. The lowest BCUT2D eigenvalue weighted by molar-refractivity contribution is 0.102. The Morgan fingerprint density at radius 3 is 2.81 bits per heavy atom. The summed E-state index contributed by atoms with van der Waals surface area (Å²) >= 11 is 1.28. The van der Waals surface area contributed by atoms with Gasteiger partial charge in [-0.3, -0.25) is 9.48 Å². The lowest BCUT2D eigenvalue weighted by atomic mass is 10.2. The predicted molar refractivity (Wildman–Crippen MR) is 82.6 cm³/mol. The van der Waals surface area contributed by atoms with E-state index in [-0.39, 0.29) is 5.91 Å². The van der Waals surface area contributed by atoms with Crippen molar-refractivity contribution in [2.45, 2.75) is 13.5 Å². The first-order chi connectivity index (χ1) is 10.2. The summed E-state index contributed by atoms with van der Waals surface area (Å²) in [5.74, 6) is 0.368. The zero-order chi connectivity index (χ0) is 14.7. The van der Waals surface area contributed by atoms with E-state index < -0.39 is 0 Å². The number of nitrogens with zero attached hydrogens (tertiary/aromatic N) is 3. The molecule has 0 saturated heterocycles. The molecule has 0 spiro atoms. The van der Waals surface area contributed by atoms with E-state index in [4.69, 9.17) is 0 Å². The van der Waals surface area contributed by atoms with Gasteiger partial charge in [0.05, 0.1) is 17.8 Å². The summed E-state index contributed by atoms with van der Waals surface area (Å²) in [6, 6.07) is 11.8. The van der Waals surface area contributed by atoms with Crippen molar-refractivity contribution in [3.05, 3.63) is 64.8 Å². The van der Waals surface area contributed by atoms with Crippen LogP contribution in [0.5, 0.6) is 0 Å². The molecule has 0 unspecified atom stereocenters. The molecule has 1 amide bonds. The van der Waals surface area contributed by atoms with Gasteiger partial charge >= 0.3 is 0 Å². The zero-order valence-corrected chi connectivity index (χ0v) is 12.3. The SMILES string of the molecule is Cc1nscc1C(=O)Nc1ccn(Cc2ccccc2)n1. The van der Waals surface area contributed by atoms with Crippen molar-refractivity contribution in [2.75, 3.05) is 5.32 Å². The number of carbonyl (C=O) groups is 1. The third-order valence-electron chi connectivity index (χ3n) is 3.06. The number of aryl methyl sites for hydroxylation is 1. The minimum atomic E-state index is -0.175. The zero-order valence-electron chi connectivity index (χ0n) is 11.5. The molecule has 3 aromatic rings. The van der Waals surface area contributed by atoms with Gasteiger partial charge in [-0.1, -0.05) is 30.3 Å². The molecule has 21 heavy (non-hydrogen) atoms. The van der Waals surface area contributed by atoms with Gasteiger partial charge in [-0.05, 0) is 24.0 Å². The van der Waals surface area contributed by atoms with Crippen molar-refractivity contribution >= 4 is 23.3 Å². The van der Waals surface area contributed by atoms with Crippen molar-refractivity contribution < 1.29 is 4.79 Å². The van der Waals surface area contributed by atoms with E-state index in [1.165, 1.54) is 11.5 Å². The summed E-state index contributed by atoms with van der Waals surface area (Å²) in [4.78, 5) is 12.1. The number of nitrogens with one attached hydrogen (secondary N) is 1. The third-order valence-corrected chi connectivity index (χ3v) is 3.78. The lowest BCUT2D eigenvalue weighted by Gasteiger charge is -2.02. The molecule has 3 rings (SSSR count). The van der Waals surface area contributed by atoms with Gasteiger partial charge in [-0.2, -0.15) is 9.47 Å². The highest BCUT2D eigenvalue weighted by atomic mass is 32.1. The van der Waals surface area contributed by atoms with E-state index in [9.17, 15) is 4.79 Å². The lowest BCUT2D eigenvalue weighted by Crippen LogP contribution is -2.13. The highest BCUT2D eigenvalue weighted by Crippen LogP contribution is 2.12. The van der Waals surface area contributed by atoms with Gasteiger partial charge in [-0.15, -0.1) is 0 Å². The second kappa shape index (κ2) is 5.88. The smallest absolute Gasteiger partial charge is 0.259 e. The van der Waals surface area contributed by atoms with Gasteiger partial charge in [0.2, 0.25) is 0 Å². The Kier molecular flexibility index (Phi) is 3.79. The molecule has 0 aliphatic rings. The molecule has 0 aliphatic carbocycles. The van der Waals surface area contributed by atoms with Crippen LogP contribution >= 0.6 is 11.5 Å². The number of amides is 1. The number of rotatable bonds is 4. The number of benzene rings is 1. The van der Waals surface area contributed by atoms with Gasteiger partial charge in [0.25, 0.3) is 5.91 Å². The standard InChI is InChI=1S/C15H14N4OS/c1-11-13(10-21-18-11)15(20)16-14-7-8-19(17-14)9-12-5-3-2-4-6-12/h2-8,10H,9H2,1H3,(H,16,17,20). The predicted octanol–water partition coefficient (Wildman–Crippen LogP) is 2.95. The molecule has 0 bridgehead atoms. The van der Waals surface area contributed by atoms with E-state index in [0.29, 0.717) is 17.9 Å². The van der Waals surface area contributed by atoms with Crippen molar-refractivity contribution in [3.8, 4) is 0 Å². The van der Waals surface area contributed by atoms with E-state index in [1.54, 1.807) is 16.1 Å². The van der Waals surface area contributed by atoms with Crippen LogP contribution in [0.1, 0.15) is 21.6 Å². The average Bonchev–Trinajstić information content (AvgIpc) is 3.09. The van der Waals surface area contributed by atoms with Crippen LogP contribution in [0, 0.1) is 6.92 Å². The number of hydrogen-bond donors (Lipinski definition) is 1. The maximum Gasteiger partial charge on any atom is 0.259 e. The molecule has 0 radical (unpaired) electrons. The average molecular weight is 298 g/mol. The van der Waals surface area contributed by atoms with Gasteiger partial charge < -0.3 is 5.32 Å². The van der Waals surface area contributed by atoms with E-state index in [2.05, 4.69) is 14.8 Å². The highest BCUT2D eigenvalue weighted by Gasteiger charge is 2.12. The Bertz CT molecular complexity index is 748. The first-order valence-electron chi connectivity index (χ1n) is 6.52. The molecule has 2 aromatic heterocycles. The summed E-state index contributed by atoms with van der Waals surface area (Å²) in [7, 11) is 0. The van der Waals surface area contributed by atoms with Crippen molar-refractivity contribution in [3.63, 3.8) is 0 Å². The molecular weight excluding hydrogens is 284 g/mol. The fourth-order valence-corrected chi connectivity index (χ4v) is 2.67. The number of aromatic nitrogens is 3. The second-order valence-electron chi connectivity index (χ2n) is 4.65. The quantitative estimate of drug-likeness (QED) is 0.805. The van der Waals surface area contributed by atoms with Crippen LogP contribution in [-0.2, 0) is 6.54 Å². The normalized spacial score (nSPS) is 10.5. The van der Waals surface area contributed by atoms with Crippen LogP contribution in [0.2, 0.25) is 0 Å². The molecule has 0 atom stereocenters. The van der Waals surface area contributed by atoms with Gasteiger partial charge in [-0.25, -0.2) is 0 Å². The maximum atomic E-state index is 12.1. The Morgan fingerprint density at radius 2 is 2.10 bits per heavy atom. The molecule has 0 saturated carbocycles. The van der Waals surface area contributed by atoms with Crippen LogP contribution in [0.4, 0.5) is 5.82 Å². The van der Waals surface area contributed by atoms with E-state index >= 15 is 0 Å². The fraction of sp³-hybridized carbons (Fsp3) is 0.133. The van der Waals surface area contributed by atoms with Gasteiger partial charge in [0, 0.05) is 17.6 Å². The molecular formula is C15H14N4OS. The summed E-state index contributed by atoms with van der Waals surface area (Å²) in [5.41, 5.74) is 2.50. The summed E-state index contributed by atoms with van der Waals surface area (Å²) in [6.45, 7) is 2.50. The molecule has 5 nitrogen and oxygen atoms in total. The number of anilines is 1. The first-order valence-corrected chi connectivity index (χ1v) is 7.36. The third kappa shape index (κ3) is 3.17. The summed E-state index contributed by atoms with van der Waals surface area (Å²) in [5, 5.41) is 8.88. The van der Waals surface area contributed by atoms with Crippen LogP contribution < -0.4 is 5.32 Å². The summed E-state index contributed by atoms with van der Waals surface area (Å²) in [6.07, 6.45) is 1.85.